The average molecular weight is 384 g/mol. The molecule has 26 heavy (non-hydrogen) atoms. The zero-order chi connectivity index (χ0) is 19.7. The van der Waals surface area contributed by atoms with E-state index in [1.54, 1.807) is 0 Å². The summed E-state index contributed by atoms with van der Waals surface area (Å²) in [5, 5.41) is 32.7. The molecule has 2 N–H and O–H groups in total. The molecule has 0 heterocycles. The zero-order valence-electron chi connectivity index (χ0n) is 16.6. The molecule has 0 atom stereocenters. The van der Waals surface area contributed by atoms with Crippen molar-refractivity contribution in [3.63, 3.8) is 0 Å². The maximum atomic E-state index is 10.3. The van der Waals surface area contributed by atoms with Gasteiger partial charge in [0, 0.05) is 0 Å². The summed E-state index contributed by atoms with van der Waals surface area (Å²) in [7, 11) is -3.85. The smallest absolute Gasteiger partial charge is 0.0997 e. The molecule has 0 unspecified atom stereocenters. The van der Waals surface area contributed by atoms with Gasteiger partial charge in [0.1, 0.15) is 0 Å². The summed E-state index contributed by atoms with van der Waals surface area (Å²) >= 11 is 0. The Labute approximate surface area is 159 Å². The van der Waals surface area contributed by atoms with Gasteiger partial charge in [0.05, 0.1) is 41.0 Å². The molecule has 138 valence electrons. The molecule has 0 aromatic heterocycles. The van der Waals surface area contributed by atoms with E-state index in [4.69, 9.17) is 0 Å². The molecular formula is C21H29NO2Si2. The highest BCUT2D eigenvalue weighted by atomic mass is 28.3. The van der Waals surface area contributed by atoms with Gasteiger partial charge in [-0.3, -0.25) is 0 Å². The van der Waals surface area contributed by atoms with Gasteiger partial charge in [-0.15, -0.1) is 0 Å². The van der Waals surface area contributed by atoms with Crippen LogP contribution in [0.1, 0.15) is 16.7 Å². The third-order valence-electron chi connectivity index (χ3n) is 4.71. The number of hydrogen-bond donors (Lipinski definition) is 2. The maximum Gasteiger partial charge on any atom is 0.0997 e. The van der Waals surface area contributed by atoms with Crippen molar-refractivity contribution >= 4 is 26.5 Å². The predicted molar refractivity (Wildman–Crippen MR) is 114 cm³/mol. The van der Waals surface area contributed by atoms with E-state index in [2.05, 4.69) is 45.4 Å². The molecular weight excluding hydrogens is 354 g/mol. The van der Waals surface area contributed by atoms with Gasteiger partial charge >= 0.3 is 0 Å². The summed E-state index contributed by atoms with van der Waals surface area (Å²) in [4.78, 5) is 0. The van der Waals surface area contributed by atoms with Crippen molar-refractivity contribution in [1.29, 1.82) is 5.26 Å². The first-order chi connectivity index (χ1) is 12.1. The quantitative estimate of drug-likeness (QED) is 0.779. The van der Waals surface area contributed by atoms with Crippen molar-refractivity contribution in [2.24, 2.45) is 0 Å². The molecule has 0 radical (unpaired) electrons. The lowest BCUT2D eigenvalue weighted by Gasteiger charge is -2.33. The molecule has 3 nitrogen and oxygen atoms in total. The fourth-order valence-electron chi connectivity index (χ4n) is 3.86. The molecule has 0 aliphatic rings. The second kappa shape index (κ2) is 7.49. The standard InChI is InChI=1S/C21H29NO2Si2/c1-25(2,3)20-16(12-22)19(15-10-8-7-9-11-15)21(26(4,5)6)18(14-24)17(20)13-23/h7-11,23-24H,13-14H2,1-6H3. The van der Waals surface area contributed by atoms with E-state index >= 15 is 0 Å². The Morgan fingerprint density at radius 2 is 1.27 bits per heavy atom. The maximum absolute atomic E-state index is 10.3. The Kier molecular flexibility index (Phi) is 5.93. The lowest BCUT2D eigenvalue weighted by molar-refractivity contribution is 0.261. The van der Waals surface area contributed by atoms with Gasteiger partial charge < -0.3 is 10.2 Å². The van der Waals surface area contributed by atoms with Gasteiger partial charge in [0.25, 0.3) is 0 Å². The van der Waals surface area contributed by atoms with Crippen LogP contribution in [0, 0.1) is 11.3 Å². The van der Waals surface area contributed by atoms with Crippen LogP contribution in [-0.2, 0) is 13.2 Å². The number of benzene rings is 2. The van der Waals surface area contributed by atoms with Gasteiger partial charge in [-0.05, 0) is 32.6 Å². The second-order valence-electron chi connectivity index (χ2n) is 8.75. The monoisotopic (exact) mass is 383 g/mol. The third kappa shape index (κ3) is 3.69. The van der Waals surface area contributed by atoms with Gasteiger partial charge in [-0.25, -0.2) is 0 Å². The van der Waals surface area contributed by atoms with Crippen molar-refractivity contribution < 1.29 is 10.2 Å². The summed E-state index contributed by atoms with van der Waals surface area (Å²) < 4.78 is 0. The molecule has 0 saturated carbocycles. The first kappa shape index (κ1) is 20.6. The van der Waals surface area contributed by atoms with Gasteiger partial charge in [-0.2, -0.15) is 5.26 Å². The predicted octanol–water partition coefficient (Wildman–Crippen LogP) is 3.30. The Morgan fingerprint density at radius 1 is 0.808 bits per heavy atom. The number of hydrogen-bond acceptors (Lipinski definition) is 3. The van der Waals surface area contributed by atoms with Crippen molar-refractivity contribution in [3.05, 3.63) is 47.0 Å². The van der Waals surface area contributed by atoms with E-state index in [1.807, 2.05) is 30.3 Å². The fraction of sp³-hybridized carbons (Fsp3) is 0.381. The lowest BCUT2D eigenvalue weighted by atomic mass is 9.94. The minimum Gasteiger partial charge on any atom is -0.392 e. The van der Waals surface area contributed by atoms with Crippen molar-refractivity contribution in [3.8, 4) is 17.2 Å². The highest BCUT2D eigenvalue weighted by molar-refractivity contribution is 6.92. The fourth-order valence-corrected chi connectivity index (χ4v) is 8.08. The topological polar surface area (TPSA) is 64.2 Å². The largest absolute Gasteiger partial charge is 0.392 e. The van der Waals surface area contributed by atoms with E-state index in [-0.39, 0.29) is 13.2 Å². The first-order valence-corrected chi connectivity index (χ1v) is 16.0. The van der Waals surface area contributed by atoms with Crippen LogP contribution in [0.25, 0.3) is 11.1 Å². The summed E-state index contributed by atoms with van der Waals surface area (Å²) in [5.74, 6) is 0. The minimum atomic E-state index is -1.94. The van der Waals surface area contributed by atoms with Gasteiger partial charge in [0.15, 0.2) is 0 Å². The van der Waals surface area contributed by atoms with E-state index < -0.39 is 16.1 Å². The number of aliphatic hydroxyl groups is 2. The van der Waals surface area contributed by atoms with Crippen molar-refractivity contribution in [2.75, 3.05) is 0 Å². The highest BCUT2D eigenvalue weighted by Crippen LogP contribution is 2.29. The molecule has 2 aromatic carbocycles. The van der Waals surface area contributed by atoms with Crippen molar-refractivity contribution in [2.45, 2.75) is 52.5 Å². The lowest BCUT2D eigenvalue weighted by Crippen LogP contribution is -2.50. The van der Waals surface area contributed by atoms with E-state index in [1.165, 1.54) is 0 Å². The van der Waals surface area contributed by atoms with Crippen LogP contribution in [0.5, 0.6) is 0 Å². The van der Waals surface area contributed by atoms with Crippen LogP contribution in [0.2, 0.25) is 39.3 Å². The first-order valence-electron chi connectivity index (χ1n) is 8.97. The Morgan fingerprint density at radius 3 is 1.65 bits per heavy atom. The summed E-state index contributed by atoms with van der Waals surface area (Å²) in [6.07, 6.45) is 0. The Hall–Kier alpha value is -1.72. The van der Waals surface area contributed by atoms with Crippen LogP contribution in [0.15, 0.2) is 30.3 Å². The normalized spacial score (nSPS) is 12.1. The van der Waals surface area contributed by atoms with E-state index in [9.17, 15) is 15.5 Å². The highest BCUT2D eigenvalue weighted by Gasteiger charge is 2.34. The average Bonchev–Trinajstić information content (AvgIpc) is 2.57. The van der Waals surface area contributed by atoms with Crippen LogP contribution in [0.4, 0.5) is 0 Å². The summed E-state index contributed by atoms with van der Waals surface area (Å²) in [6, 6.07) is 12.5. The molecule has 0 aliphatic carbocycles. The summed E-state index contributed by atoms with van der Waals surface area (Å²) in [5.41, 5.74) is 4.28. The molecule has 0 aliphatic heterocycles. The van der Waals surface area contributed by atoms with Crippen LogP contribution < -0.4 is 10.4 Å². The van der Waals surface area contributed by atoms with Gasteiger partial charge in [0.2, 0.25) is 0 Å². The molecule has 2 aromatic rings. The molecule has 0 fully saturated rings. The zero-order valence-corrected chi connectivity index (χ0v) is 18.6. The minimum absolute atomic E-state index is 0.113. The molecule has 0 bridgehead atoms. The number of nitriles is 1. The molecule has 0 spiro atoms. The molecule has 0 saturated heterocycles. The number of rotatable bonds is 5. The molecule has 0 amide bonds. The van der Waals surface area contributed by atoms with Crippen molar-refractivity contribution in [1.82, 2.24) is 0 Å². The van der Waals surface area contributed by atoms with E-state index in [0.29, 0.717) is 5.56 Å². The number of nitrogens with zero attached hydrogens (tertiary/aromatic N) is 1. The molecule has 5 heteroatoms. The third-order valence-corrected chi connectivity index (χ3v) is 8.81. The van der Waals surface area contributed by atoms with Crippen LogP contribution >= 0.6 is 0 Å². The van der Waals surface area contributed by atoms with Crippen LogP contribution in [-0.4, -0.2) is 26.4 Å². The SMILES string of the molecule is C[Si](C)(C)c1c(C#N)c(-c2ccccc2)c([Si](C)(C)C)c(CO)c1CO. The van der Waals surface area contributed by atoms with E-state index in [0.717, 1.165) is 32.6 Å². The molecule has 2 rings (SSSR count). The Balaban J connectivity index is 3.18. The summed E-state index contributed by atoms with van der Waals surface area (Å²) in [6.45, 7) is 13.0. The number of aliphatic hydroxyl groups excluding tert-OH is 2. The van der Waals surface area contributed by atoms with Crippen LogP contribution in [0.3, 0.4) is 0 Å². The second-order valence-corrected chi connectivity index (χ2v) is 18.8. The van der Waals surface area contributed by atoms with Gasteiger partial charge in [-0.1, -0.05) is 69.6 Å². The Bertz CT molecular complexity index is 842.